The highest BCUT2D eigenvalue weighted by Crippen LogP contribution is 2.12. The quantitative estimate of drug-likeness (QED) is 0.746. The molecule has 0 fully saturated rings. The summed E-state index contributed by atoms with van der Waals surface area (Å²) in [5.74, 6) is -0.379. The van der Waals surface area contributed by atoms with Crippen molar-refractivity contribution in [2.24, 2.45) is 0 Å². The van der Waals surface area contributed by atoms with Gasteiger partial charge in [-0.1, -0.05) is 25.1 Å². The summed E-state index contributed by atoms with van der Waals surface area (Å²) >= 11 is 0. The van der Waals surface area contributed by atoms with E-state index in [1.807, 2.05) is 10.9 Å². The van der Waals surface area contributed by atoms with Crippen molar-refractivity contribution < 1.29 is 4.79 Å². The Labute approximate surface area is 132 Å². The number of hydrogen-bond donors (Lipinski definition) is 2. The van der Waals surface area contributed by atoms with Crippen molar-refractivity contribution in [1.29, 1.82) is 0 Å². The van der Waals surface area contributed by atoms with Gasteiger partial charge in [-0.25, -0.2) is 4.79 Å². The van der Waals surface area contributed by atoms with Gasteiger partial charge >= 0.3 is 5.69 Å². The molecule has 0 atom stereocenters. The van der Waals surface area contributed by atoms with E-state index in [4.69, 9.17) is 0 Å². The molecular weight excluding hydrogens is 294 g/mol. The number of fused-ring (bicyclic) bond motifs is 1. The van der Waals surface area contributed by atoms with Gasteiger partial charge < -0.3 is 10.3 Å². The summed E-state index contributed by atoms with van der Waals surface area (Å²) in [6, 6.07) is 7.09. The molecule has 1 amide bonds. The van der Waals surface area contributed by atoms with Gasteiger partial charge in [-0.05, 0) is 12.5 Å². The molecule has 0 saturated carbocycles. The fourth-order valence-electron chi connectivity index (χ4n) is 2.39. The molecule has 23 heavy (non-hydrogen) atoms. The van der Waals surface area contributed by atoms with Crippen LogP contribution in [0, 0.1) is 0 Å². The Morgan fingerprint density at radius 2 is 2.17 bits per heavy atom. The van der Waals surface area contributed by atoms with E-state index in [0.29, 0.717) is 17.4 Å². The average molecular weight is 311 g/mol. The number of benzene rings is 1. The molecular formula is C16H17N5O2. The van der Waals surface area contributed by atoms with Crippen LogP contribution in [0.3, 0.4) is 0 Å². The second-order valence-corrected chi connectivity index (χ2v) is 5.23. The summed E-state index contributed by atoms with van der Waals surface area (Å²) in [7, 11) is 0. The van der Waals surface area contributed by atoms with E-state index in [9.17, 15) is 9.59 Å². The summed E-state index contributed by atoms with van der Waals surface area (Å²) in [6.45, 7) is 3.26. The highest BCUT2D eigenvalue weighted by molar-refractivity contribution is 6.04. The van der Waals surface area contributed by atoms with E-state index < -0.39 is 5.69 Å². The Kier molecular flexibility index (Phi) is 4.18. The zero-order valence-electron chi connectivity index (χ0n) is 12.7. The second kappa shape index (κ2) is 6.43. The highest BCUT2D eigenvalue weighted by atomic mass is 16.2. The lowest BCUT2D eigenvalue weighted by atomic mass is 10.2. The predicted octanol–water partition coefficient (Wildman–Crippen LogP) is 1.46. The molecule has 7 nitrogen and oxygen atoms in total. The molecule has 2 N–H and O–H groups in total. The van der Waals surface area contributed by atoms with Crippen molar-refractivity contribution >= 4 is 16.8 Å². The van der Waals surface area contributed by atoms with Crippen molar-refractivity contribution in [3.8, 4) is 0 Å². The fraction of sp³-hybridized carbons (Fsp3) is 0.250. The van der Waals surface area contributed by atoms with Gasteiger partial charge in [0, 0.05) is 30.2 Å². The summed E-state index contributed by atoms with van der Waals surface area (Å²) in [5, 5.41) is 7.61. The molecule has 0 saturated heterocycles. The predicted molar refractivity (Wildman–Crippen MR) is 86.1 cm³/mol. The van der Waals surface area contributed by atoms with Crippen LogP contribution in [0.15, 0.2) is 41.5 Å². The fourth-order valence-corrected chi connectivity index (χ4v) is 2.39. The van der Waals surface area contributed by atoms with Gasteiger partial charge in [-0.15, -0.1) is 0 Å². The number of carbonyl (C=O) groups excluding carboxylic acids is 1. The minimum Gasteiger partial charge on any atom is -0.346 e. The Bertz CT molecular complexity index is 897. The lowest BCUT2D eigenvalue weighted by molar-refractivity contribution is 0.0947. The molecule has 0 aliphatic rings. The monoisotopic (exact) mass is 311 g/mol. The third kappa shape index (κ3) is 3.28. The largest absolute Gasteiger partial charge is 0.346 e. The van der Waals surface area contributed by atoms with Crippen LogP contribution in [-0.2, 0) is 13.1 Å². The van der Waals surface area contributed by atoms with E-state index in [2.05, 4.69) is 27.3 Å². The number of aromatic nitrogens is 4. The van der Waals surface area contributed by atoms with Crippen LogP contribution in [0.25, 0.3) is 10.9 Å². The van der Waals surface area contributed by atoms with Gasteiger partial charge in [0.1, 0.15) is 5.69 Å². The first-order valence-electron chi connectivity index (χ1n) is 7.46. The minimum absolute atomic E-state index is 0.130. The molecule has 1 aromatic carbocycles. The standard InChI is InChI=1S/C16H17N5O2/c1-2-7-21-10-11(9-18-21)8-17-15(22)14-12-5-3-4-6-13(12)19-16(23)20-14/h3-6,9-10H,2,7-8H2,1H3,(H,17,22)(H,19,20,23). The topological polar surface area (TPSA) is 92.7 Å². The minimum atomic E-state index is -0.537. The zero-order chi connectivity index (χ0) is 16.2. The van der Waals surface area contributed by atoms with Crippen LogP contribution >= 0.6 is 0 Å². The molecule has 7 heteroatoms. The van der Waals surface area contributed by atoms with Gasteiger partial charge in [-0.3, -0.25) is 9.48 Å². The van der Waals surface area contributed by atoms with E-state index in [-0.39, 0.29) is 11.6 Å². The molecule has 0 unspecified atom stereocenters. The molecule has 0 aliphatic carbocycles. The van der Waals surface area contributed by atoms with Gasteiger partial charge in [0.05, 0.1) is 11.7 Å². The Morgan fingerprint density at radius 3 is 3.00 bits per heavy atom. The molecule has 118 valence electrons. The summed E-state index contributed by atoms with van der Waals surface area (Å²) in [5.41, 5.74) is 1.09. The lowest BCUT2D eigenvalue weighted by Crippen LogP contribution is -2.27. The molecule has 2 aromatic heterocycles. The van der Waals surface area contributed by atoms with Crippen LogP contribution in [0.5, 0.6) is 0 Å². The number of nitrogens with one attached hydrogen (secondary N) is 2. The summed E-state index contributed by atoms with van der Waals surface area (Å²) < 4.78 is 1.84. The number of hydrogen-bond acceptors (Lipinski definition) is 4. The number of aromatic amines is 1. The van der Waals surface area contributed by atoms with Gasteiger partial charge in [0.25, 0.3) is 5.91 Å². The lowest BCUT2D eigenvalue weighted by Gasteiger charge is -2.05. The van der Waals surface area contributed by atoms with E-state index in [1.165, 1.54) is 0 Å². The van der Waals surface area contributed by atoms with Gasteiger partial charge in [-0.2, -0.15) is 10.1 Å². The molecule has 3 rings (SSSR count). The first-order chi connectivity index (χ1) is 11.2. The van der Waals surface area contributed by atoms with Crippen LogP contribution in [0.1, 0.15) is 29.4 Å². The Balaban J connectivity index is 1.79. The van der Waals surface area contributed by atoms with E-state index in [1.54, 1.807) is 30.5 Å². The first kappa shape index (κ1) is 15.0. The number of nitrogens with zero attached hydrogens (tertiary/aromatic N) is 3. The third-order valence-electron chi connectivity index (χ3n) is 3.44. The molecule has 2 heterocycles. The van der Waals surface area contributed by atoms with Crippen molar-refractivity contribution in [3.63, 3.8) is 0 Å². The average Bonchev–Trinajstić information content (AvgIpc) is 3.00. The number of amides is 1. The maximum absolute atomic E-state index is 12.4. The van der Waals surface area contributed by atoms with Crippen LogP contribution in [0.2, 0.25) is 0 Å². The van der Waals surface area contributed by atoms with Crippen molar-refractivity contribution in [2.75, 3.05) is 0 Å². The van der Waals surface area contributed by atoms with Crippen molar-refractivity contribution in [1.82, 2.24) is 25.1 Å². The van der Waals surface area contributed by atoms with Crippen LogP contribution in [0.4, 0.5) is 0 Å². The summed E-state index contributed by atoms with van der Waals surface area (Å²) in [4.78, 5) is 30.4. The molecule has 0 bridgehead atoms. The number of H-pyrrole nitrogens is 1. The van der Waals surface area contributed by atoms with Crippen LogP contribution in [-0.4, -0.2) is 25.7 Å². The maximum Gasteiger partial charge on any atom is 0.346 e. The maximum atomic E-state index is 12.4. The van der Waals surface area contributed by atoms with Crippen molar-refractivity contribution in [3.05, 3.63) is 58.4 Å². The molecule has 0 aliphatic heterocycles. The SMILES string of the molecule is CCCn1cc(CNC(=O)c2nc(=O)[nH]c3ccccc23)cn1. The first-order valence-corrected chi connectivity index (χ1v) is 7.46. The third-order valence-corrected chi connectivity index (χ3v) is 3.44. The molecule has 3 aromatic rings. The van der Waals surface area contributed by atoms with E-state index in [0.717, 1.165) is 18.5 Å². The number of para-hydroxylation sites is 1. The van der Waals surface area contributed by atoms with Crippen LogP contribution < -0.4 is 11.0 Å². The Hall–Kier alpha value is -2.96. The van der Waals surface area contributed by atoms with Gasteiger partial charge in [0.15, 0.2) is 0 Å². The van der Waals surface area contributed by atoms with Crippen molar-refractivity contribution in [2.45, 2.75) is 26.4 Å². The number of aryl methyl sites for hydroxylation is 1. The second-order valence-electron chi connectivity index (χ2n) is 5.23. The van der Waals surface area contributed by atoms with Gasteiger partial charge in [0.2, 0.25) is 0 Å². The number of carbonyl (C=O) groups is 1. The Morgan fingerprint density at radius 1 is 1.35 bits per heavy atom. The smallest absolute Gasteiger partial charge is 0.346 e. The normalized spacial score (nSPS) is 10.8. The van der Waals surface area contributed by atoms with E-state index >= 15 is 0 Å². The number of rotatable bonds is 5. The zero-order valence-corrected chi connectivity index (χ0v) is 12.7. The summed E-state index contributed by atoms with van der Waals surface area (Å²) in [6.07, 6.45) is 4.61. The molecule has 0 radical (unpaired) electrons. The highest BCUT2D eigenvalue weighted by Gasteiger charge is 2.13. The molecule has 0 spiro atoms.